The Kier molecular flexibility index (Phi) is 1.84. The van der Waals surface area contributed by atoms with E-state index in [0.29, 0.717) is 18.2 Å². The molecule has 0 radical (unpaired) electrons. The third-order valence-corrected chi connectivity index (χ3v) is 1.91. The third kappa shape index (κ3) is 1.28. The zero-order chi connectivity index (χ0) is 10.1. The highest BCUT2D eigenvalue weighted by molar-refractivity contribution is 5.90. The molecule has 0 atom stereocenters. The summed E-state index contributed by atoms with van der Waals surface area (Å²) in [5.74, 6) is 0.982. The number of carboxylic acid groups (broad SMARTS) is 1. The normalized spacial score (nSPS) is 13.4. The van der Waals surface area contributed by atoms with E-state index in [1.807, 2.05) is 11.9 Å². The van der Waals surface area contributed by atoms with Crippen LogP contribution in [0.2, 0.25) is 0 Å². The first kappa shape index (κ1) is 8.54. The molecule has 3 N–H and O–H groups in total. The van der Waals surface area contributed by atoms with Gasteiger partial charge in [0.15, 0.2) is 11.6 Å². The van der Waals surface area contributed by atoms with Gasteiger partial charge in [0.25, 0.3) is 0 Å². The van der Waals surface area contributed by atoms with E-state index in [2.05, 4.69) is 20.6 Å². The highest BCUT2D eigenvalue weighted by Gasteiger charge is 2.21. The fourth-order valence-electron chi connectivity index (χ4n) is 1.30. The molecule has 0 aliphatic carbocycles. The molecule has 14 heavy (non-hydrogen) atoms. The van der Waals surface area contributed by atoms with Gasteiger partial charge in [-0.1, -0.05) is 0 Å². The summed E-state index contributed by atoms with van der Waals surface area (Å²) in [6, 6.07) is 0. The molecule has 1 aliphatic heterocycles. The lowest BCUT2D eigenvalue weighted by Crippen LogP contribution is -2.16. The van der Waals surface area contributed by atoms with Crippen LogP contribution in [0.1, 0.15) is 0 Å². The second-order valence-corrected chi connectivity index (χ2v) is 2.88. The van der Waals surface area contributed by atoms with E-state index in [4.69, 9.17) is 5.11 Å². The molecule has 2 rings (SSSR count). The number of rotatable bonds is 1. The number of nitrogens with zero attached hydrogens (tertiary/aromatic N) is 3. The van der Waals surface area contributed by atoms with Gasteiger partial charge in [0.1, 0.15) is 12.0 Å². The van der Waals surface area contributed by atoms with Crippen molar-refractivity contribution in [2.24, 2.45) is 0 Å². The standard InChI is InChI=1S/C7H9N5O2/c1-12-3-10-4-5(11-7(13)14)8-2-9-6(4)12/h2,10H,3H2,1H3,(H,13,14)(H,8,9,11). The molecule has 0 fully saturated rings. The Morgan fingerprint density at radius 1 is 1.71 bits per heavy atom. The predicted molar refractivity (Wildman–Crippen MR) is 50.6 cm³/mol. The van der Waals surface area contributed by atoms with Gasteiger partial charge in [-0.3, -0.25) is 5.32 Å². The summed E-state index contributed by atoms with van der Waals surface area (Å²) >= 11 is 0. The molecule has 1 aromatic heterocycles. The Bertz CT molecular complexity index is 380. The Labute approximate surface area is 79.8 Å². The summed E-state index contributed by atoms with van der Waals surface area (Å²) in [5, 5.41) is 13.8. The summed E-state index contributed by atoms with van der Waals surface area (Å²) in [5.41, 5.74) is 0.623. The highest BCUT2D eigenvalue weighted by Crippen LogP contribution is 2.32. The minimum Gasteiger partial charge on any atom is -0.465 e. The van der Waals surface area contributed by atoms with Crippen molar-refractivity contribution in [3.05, 3.63) is 6.33 Å². The number of hydrogen-bond donors (Lipinski definition) is 3. The van der Waals surface area contributed by atoms with Gasteiger partial charge in [0.05, 0.1) is 6.67 Å². The van der Waals surface area contributed by atoms with Gasteiger partial charge >= 0.3 is 6.09 Å². The van der Waals surface area contributed by atoms with E-state index < -0.39 is 6.09 Å². The fraction of sp³-hybridized carbons (Fsp3) is 0.286. The number of hydrogen-bond acceptors (Lipinski definition) is 5. The zero-order valence-corrected chi connectivity index (χ0v) is 7.48. The lowest BCUT2D eigenvalue weighted by atomic mass is 10.4. The van der Waals surface area contributed by atoms with Crippen molar-refractivity contribution in [2.75, 3.05) is 29.2 Å². The van der Waals surface area contributed by atoms with Gasteiger partial charge in [-0.05, 0) is 0 Å². The lowest BCUT2D eigenvalue weighted by molar-refractivity contribution is 0.209. The van der Waals surface area contributed by atoms with Crippen molar-refractivity contribution >= 4 is 23.4 Å². The molecular weight excluding hydrogens is 186 g/mol. The molecule has 2 heterocycles. The van der Waals surface area contributed by atoms with Crippen LogP contribution >= 0.6 is 0 Å². The molecule has 0 unspecified atom stereocenters. The third-order valence-electron chi connectivity index (χ3n) is 1.91. The van der Waals surface area contributed by atoms with E-state index in [0.717, 1.165) is 0 Å². The van der Waals surface area contributed by atoms with Crippen molar-refractivity contribution in [1.29, 1.82) is 0 Å². The highest BCUT2D eigenvalue weighted by atomic mass is 16.4. The summed E-state index contributed by atoms with van der Waals surface area (Å²) in [7, 11) is 1.86. The van der Waals surface area contributed by atoms with Crippen LogP contribution in [-0.4, -0.2) is 34.9 Å². The first-order chi connectivity index (χ1) is 6.68. The molecule has 7 nitrogen and oxygen atoms in total. The maximum Gasteiger partial charge on any atom is 0.410 e. The first-order valence-electron chi connectivity index (χ1n) is 3.98. The molecule has 1 amide bonds. The maximum absolute atomic E-state index is 10.4. The minimum atomic E-state index is -1.14. The molecule has 7 heteroatoms. The van der Waals surface area contributed by atoms with Gasteiger partial charge in [0, 0.05) is 7.05 Å². The van der Waals surface area contributed by atoms with Gasteiger partial charge < -0.3 is 15.3 Å². The number of aromatic nitrogens is 2. The predicted octanol–water partition coefficient (Wildman–Crippen LogP) is 0.386. The van der Waals surface area contributed by atoms with Crippen LogP contribution in [0.4, 0.5) is 22.1 Å². The van der Waals surface area contributed by atoms with Crippen LogP contribution in [0.15, 0.2) is 6.33 Å². The quantitative estimate of drug-likeness (QED) is 0.600. The monoisotopic (exact) mass is 195 g/mol. The van der Waals surface area contributed by atoms with Gasteiger partial charge in [-0.15, -0.1) is 0 Å². The smallest absolute Gasteiger partial charge is 0.410 e. The summed E-state index contributed by atoms with van der Waals surface area (Å²) in [6.45, 7) is 0.600. The number of anilines is 3. The Balaban J connectivity index is 2.39. The van der Waals surface area contributed by atoms with Crippen LogP contribution in [0.5, 0.6) is 0 Å². The van der Waals surface area contributed by atoms with E-state index in [1.165, 1.54) is 6.33 Å². The maximum atomic E-state index is 10.4. The summed E-state index contributed by atoms with van der Waals surface area (Å²) in [4.78, 5) is 20.2. The molecule has 0 aromatic carbocycles. The van der Waals surface area contributed by atoms with E-state index >= 15 is 0 Å². The van der Waals surface area contributed by atoms with Crippen LogP contribution in [0.3, 0.4) is 0 Å². The van der Waals surface area contributed by atoms with Crippen molar-refractivity contribution in [1.82, 2.24) is 9.97 Å². The van der Waals surface area contributed by atoms with Crippen molar-refractivity contribution in [3.63, 3.8) is 0 Å². The van der Waals surface area contributed by atoms with E-state index in [-0.39, 0.29) is 5.82 Å². The molecule has 0 saturated carbocycles. The lowest BCUT2D eigenvalue weighted by Gasteiger charge is -2.08. The molecular formula is C7H9N5O2. The van der Waals surface area contributed by atoms with Crippen LogP contribution < -0.4 is 15.5 Å². The second kappa shape index (κ2) is 3.02. The number of amides is 1. The SMILES string of the molecule is CN1CNc2c(NC(=O)O)ncnc21. The average Bonchev–Trinajstić information content (AvgIpc) is 2.49. The van der Waals surface area contributed by atoms with Crippen LogP contribution in [-0.2, 0) is 0 Å². The van der Waals surface area contributed by atoms with Crippen molar-refractivity contribution in [3.8, 4) is 0 Å². The minimum absolute atomic E-state index is 0.284. The summed E-state index contributed by atoms with van der Waals surface area (Å²) in [6.07, 6.45) is 0.190. The largest absolute Gasteiger partial charge is 0.465 e. The number of nitrogens with one attached hydrogen (secondary N) is 2. The van der Waals surface area contributed by atoms with Gasteiger partial charge in [0.2, 0.25) is 0 Å². The van der Waals surface area contributed by atoms with Crippen molar-refractivity contribution < 1.29 is 9.90 Å². The second-order valence-electron chi connectivity index (χ2n) is 2.88. The van der Waals surface area contributed by atoms with Crippen molar-refractivity contribution in [2.45, 2.75) is 0 Å². The van der Waals surface area contributed by atoms with Crippen LogP contribution in [0.25, 0.3) is 0 Å². The van der Waals surface area contributed by atoms with E-state index in [9.17, 15) is 4.79 Å². The summed E-state index contributed by atoms with van der Waals surface area (Å²) < 4.78 is 0. The Morgan fingerprint density at radius 2 is 2.50 bits per heavy atom. The van der Waals surface area contributed by atoms with Gasteiger partial charge in [-0.2, -0.15) is 0 Å². The fourth-order valence-corrected chi connectivity index (χ4v) is 1.30. The molecule has 1 aliphatic rings. The zero-order valence-electron chi connectivity index (χ0n) is 7.48. The van der Waals surface area contributed by atoms with Gasteiger partial charge in [-0.25, -0.2) is 14.8 Å². The molecule has 74 valence electrons. The molecule has 0 spiro atoms. The first-order valence-corrected chi connectivity index (χ1v) is 3.98. The Morgan fingerprint density at radius 3 is 3.21 bits per heavy atom. The topological polar surface area (TPSA) is 90.4 Å². The number of fused-ring (bicyclic) bond motifs is 1. The molecule has 0 saturated heterocycles. The Hall–Kier alpha value is -2.05. The average molecular weight is 195 g/mol. The molecule has 1 aromatic rings. The van der Waals surface area contributed by atoms with E-state index in [1.54, 1.807) is 0 Å². The molecule has 0 bridgehead atoms. The van der Waals surface area contributed by atoms with Crippen LogP contribution in [0, 0.1) is 0 Å². The number of carbonyl (C=O) groups is 1.